The molecule has 4 atom stereocenters. The van der Waals surface area contributed by atoms with Gasteiger partial charge in [-0.3, -0.25) is 28.6 Å². The van der Waals surface area contributed by atoms with Gasteiger partial charge in [0.25, 0.3) is 5.56 Å². The number of carbonyl (C=O) groups excluding carboxylic acids is 2. The predicted molar refractivity (Wildman–Crippen MR) is 151 cm³/mol. The number of hydrogen-bond donors (Lipinski definition) is 3. The fourth-order valence-electron chi connectivity index (χ4n) is 5.77. The number of piperazine rings is 1. The van der Waals surface area contributed by atoms with Crippen molar-refractivity contribution in [2.45, 2.75) is 63.8 Å². The van der Waals surface area contributed by atoms with Gasteiger partial charge in [0.2, 0.25) is 5.91 Å². The number of benzene rings is 1. The van der Waals surface area contributed by atoms with Crippen LogP contribution in [0.25, 0.3) is 0 Å². The number of fused-ring (bicyclic) bond motifs is 2. The molecule has 228 valence electrons. The van der Waals surface area contributed by atoms with Gasteiger partial charge in [0.1, 0.15) is 23.2 Å². The van der Waals surface area contributed by atoms with E-state index in [-0.39, 0.29) is 43.2 Å². The number of Topliss-reactive ketones (excluding diaryl/α,β-unsaturated/α-hetero) is 1. The van der Waals surface area contributed by atoms with Gasteiger partial charge in [-0.15, -0.1) is 0 Å². The second-order valence-corrected chi connectivity index (χ2v) is 10.8. The van der Waals surface area contributed by atoms with Gasteiger partial charge in [-0.1, -0.05) is 17.2 Å². The van der Waals surface area contributed by atoms with E-state index in [1.165, 1.54) is 29.1 Å². The molecule has 2 unspecified atom stereocenters. The Hall–Kier alpha value is -4.66. The summed E-state index contributed by atoms with van der Waals surface area (Å²) < 4.78 is 19.2. The normalized spacial score (nSPS) is 19.3. The highest BCUT2D eigenvalue weighted by atomic mass is 19.1. The van der Waals surface area contributed by atoms with Crippen LogP contribution in [0.3, 0.4) is 0 Å². The standard InChI is InChI=1S/C28H33FN8O6/c1-3-23(36-9-8-30-26(28(36)42)31-12-22-16(2)33-43-34-22)27(41)32-21(11-25(39)40)24(38)15-35-13-20-10-19(35)14-37(20)18-6-4-17(29)5-7-18/h4-9,19-21,23H,3,10-15H2,1-2H3,(H,30,31)(H,32,41)(H,39,40)/t19?,20?,21-,23-/m0/s1. The molecule has 0 saturated carbocycles. The number of aryl methyl sites for hydroxylation is 1. The van der Waals surface area contributed by atoms with E-state index in [2.05, 4.69) is 35.5 Å². The van der Waals surface area contributed by atoms with Crippen LogP contribution < -0.4 is 21.1 Å². The van der Waals surface area contributed by atoms with Gasteiger partial charge in [-0.2, -0.15) is 0 Å². The van der Waals surface area contributed by atoms with E-state index in [0.29, 0.717) is 24.5 Å². The third-order valence-electron chi connectivity index (χ3n) is 8.02. The van der Waals surface area contributed by atoms with Crippen LogP contribution in [-0.2, 0) is 20.9 Å². The Kier molecular flexibility index (Phi) is 8.80. The number of ketones is 1. The monoisotopic (exact) mass is 596 g/mol. The Bertz CT molecular complexity index is 1540. The van der Waals surface area contributed by atoms with Crippen molar-refractivity contribution >= 4 is 29.2 Å². The minimum Gasteiger partial charge on any atom is -0.481 e. The van der Waals surface area contributed by atoms with Crippen molar-refractivity contribution in [3.8, 4) is 0 Å². The van der Waals surface area contributed by atoms with E-state index >= 15 is 0 Å². The molecule has 0 radical (unpaired) electrons. The first-order valence-electron chi connectivity index (χ1n) is 14.0. The van der Waals surface area contributed by atoms with Crippen molar-refractivity contribution in [2.75, 3.05) is 29.9 Å². The number of nitrogens with one attached hydrogen (secondary N) is 2. The number of aliphatic carboxylic acids is 1. The zero-order chi connectivity index (χ0) is 30.7. The van der Waals surface area contributed by atoms with Crippen molar-refractivity contribution < 1.29 is 28.5 Å². The highest BCUT2D eigenvalue weighted by Gasteiger charge is 2.44. The van der Waals surface area contributed by atoms with Crippen molar-refractivity contribution in [1.82, 2.24) is 30.1 Å². The highest BCUT2D eigenvalue weighted by molar-refractivity contribution is 5.94. The number of nitrogens with zero attached hydrogens (tertiary/aromatic N) is 6. The lowest BCUT2D eigenvalue weighted by atomic mass is 10.1. The average molecular weight is 597 g/mol. The summed E-state index contributed by atoms with van der Waals surface area (Å²) in [5, 5.41) is 22.4. The summed E-state index contributed by atoms with van der Waals surface area (Å²) in [6.45, 7) is 4.76. The lowest BCUT2D eigenvalue weighted by Crippen LogP contribution is -2.52. The minimum atomic E-state index is -1.27. The summed E-state index contributed by atoms with van der Waals surface area (Å²) in [6.07, 6.45) is 3.17. The summed E-state index contributed by atoms with van der Waals surface area (Å²) >= 11 is 0. The lowest BCUT2D eigenvalue weighted by molar-refractivity contribution is -0.140. The number of carboxylic acids is 1. The van der Waals surface area contributed by atoms with Crippen LogP contribution in [0.4, 0.5) is 15.9 Å². The second kappa shape index (κ2) is 12.7. The van der Waals surface area contributed by atoms with Crippen molar-refractivity contribution in [2.24, 2.45) is 0 Å². The molecule has 1 aromatic carbocycles. The number of amides is 1. The molecule has 5 rings (SSSR count). The number of halogens is 1. The quantitative estimate of drug-likeness (QED) is 0.257. The summed E-state index contributed by atoms with van der Waals surface area (Å²) in [5.41, 5.74) is 1.39. The van der Waals surface area contributed by atoms with Crippen LogP contribution in [0.2, 0.25) is 0 Å². The molecule has 2 saturated heterocycles. The smallest absolute Gasteiger partial charge is 0.305 e. The van der Waals surface area contributed by atoms with Crippen molar-refractivity contribution in [3.05, 3.63) is 64.2 Å². The predicted octanol–water partition coefficient (Wildman–Crippen LogP) is 1.13. The zero-order valence-electron chi connectivity index (χ0n) is 23.8. The van der Waals surface area contributed by atoms with Crippen LogP contribution in [0, 0.1) is 12.7 Å². The van der Waals surface area contributed by atoms with E-state index in [1.807, 2.05) is 4.90 Å². The van der Waals surface area contributed by atoms with E-state index in [0.717, 1.165) is 12.1 Å². The molecule has 15 heteroatoms. The minimum absolute atomic E-state index is 0.0203. The van der Waals surface area contributed by atoms with E-state index in [1.54, 1.807) is 26.0 Å². The maximum atomic E-state index is 13.4. The Labute approximate surface area is 245 Å². The van der Waals surface area contributed by atoms with Crippen molar-refractivity contribution in [3.63, 3.8) is 0 Å². The Morgan fingerprint density at radius 2 is 1.93 bits per heavy atom. The van der Waals surface area contributed by atoms with Gasteiger partial charge in [0, 0.05) is 43.3 Å². The average Bonchev–Trinajstić information content (AvgIpc) is 3.69. The molecule has 2 fully saturated rings. The molecule has 2 bridgehead atoms. The number of carbonyl (C=O) groups is 3. The SMILES string of the molecule is CC[C@@H](C(=O)N[C@@H](CC(=O)O)C(=O)CN1CC2CC1CN2c1ccc(F)cc1)n1ccnc(NCc2nonc2C)c1=O. The summed E-state index contributed by atoms with van der Waals surface area (Å²) in [7, 11) is 0. The van der Waals surface area contributed by atoms with Gasteiger partial charge in [-0.25, -0.2) is 14.0 Å². The zero-order valence-corrected chi connectivity index (χ0v) is 23.8. The Morgan fingerprint density at radius 3 is 2.56 bits per heavy atom. The van der Waals surface area contributed by atoms with Crippen LogP contribution in [0.5, 0.6) is 0 Å². The first-order valence-corrected chi connectivity index (χ1v) is 14.0. The topological polar surface area (TPSA) is 176 Å². The maximum Gasteiger partial charge on any atom is 0.305 e. The molecular weight excluding hydrogens is 563 g/mol. The molecular formula is C28H33FN8O6. The summed E-state index contributed by atoms with van der Waals surface area (Å²) in [4.78, 5) is 59.8. The number of aromatic nitrogens is 4. The van der Waals surface area contributed by atoms with Gasteiger partial charge < -0.3 is 20.6 Å². The van der Waals surface area contributed by atoms with Gasteiger partial charge in [0.15, 0.2) is 11.6 Å². The summed E-state index contributed by atoms with van der Waals surface area (Å²) in [6, 6.07) is 4.23. The molecule has 2 aliphatic rings. The van der Waals surface area contributed by atoms with Crippen LogP contribution >= 0.6 is 0 Å². The number of carboxylic acid groups (broad SMARTS) is 1. The molecule has 43 heavy (non-hydrogen) atoms. The number of hydrogen-bond acceptors (Lipinski definition) is 11. The number of likely N-dealkylation sites (tertiary alicyclic amines) is 1. The van der Waals surface area contributed by atoms with Crippen LogP contribution in [0.1, 0.15) is 43.6 Å². The first-order chi connectivity index (χ1) is 20.6. The van der Waals surface area contributed by atoms with Crippen LogP contribution in [0.15, 0.2) is 46.1 Å². The third-order valence-corrected chi connectivity index (χ3v) is 8.02. The van der Waals surface area contributed by atoms with Crippen LogP contribution in [-0.4, -0.2) is 85.3 Å². The second-order valence-electron chi connectivity index (χ2n) is 10.8. The molecule has 1 amide bonds. The molecule has 2 aliphatic heterocycles. The molecule has 0 spiro atoms. The number of rotatable bonds is 13. The lowest BCUT2D eigenvalue weighted by Gasteiger charge is -2.35. The fraction of sp³-hybridized carbons (Fsp3) is 0.464. The van der Waals surface area contributed by atoms with Gasteiger partial charge in [0.05, 0.1) is 25.6 Å². The van der Waals surface area contributed by atoms with Gasteiger partial charge >= 0.3 is 5.97 Å². The van der Waals surface area contributed by atoms with E-state index in [9.17, 15) is 28.7 Å². The van der Waals surface area contributed by atoms with Gasteiger partial charge in [-0.05, 0) is 44.0 Å². The Morgan fingerprint density at radius 1 is 1.16 bits per heavy atom. The fourth-order valence-corrected chi connectivity index (χ4v) is 5.77. The molecule has 0 aliphatic carbocycles. The van der Waals surface area contributed by atoms with E-state index in [4.69, 9.17) is 0 Å². The van der Waals surface area contributed by atoms with E-state index < -0.39 is 41.7 Å². The molecule has 3 N–H and O–H groups in total. The maximum absolute atomic E-state index is 13.4. The summed E-state index contributed by atoms with van der Waals surface area (Å²) in [5.74, 6) is -2.63. The molecule has 2 aromatic heterocycles. The molecule has 3 aromatic rings. The Balaban J connectivity index is 1.23. The highest BCUT2D eigenvalue weighted by Crippen LogP contribution is 2.34. The largest absolute Gasteiger partial charge is 0.481 e. The third kappa shape index (κ3) is 6.56. The molecule has 14 nitrogen and oxygen atoms in total. The number of anilines is 2. The molecule has 4 heterocycles. The van der Waals surface area contributed by atoms with Crippen molar-refractivity contribution in [1.29, 1.82) is 0 Å². The first kappa shape index (κ1) is 29.8.